The molecule has 1 aromatic rings. The van der Waals surface area contributed by atoms with Crippen LogP contribution >= 0.6 is 27.5 Å². The van der Waals surface area contributed by atoms with Gasteiger partial charge in [0.15, 0.2) is 0 Å². The van der Waals surface area contributed by atoms with Crippen LogP contribution in [0.5, 0.6) is 0 Å². The van der Waals surface area contributed by atoms with Gasteiger partial charge in [-0.05, 0) is 37.6 Å². The molecule has 2 nitrogen and oxygen atoms in total. The van der Waals surface area contributed by atoms with Crippen LogP contribution in [0.2, 0.25) is 5.02 Å². The molecule has 1 aromatic carbocycles. The van der Waals surface area contributed by atoms with Gasteiger partial charge in [0.1, 0.15) is 0 Å². The number of benzene rings is 1. The Morgan fingerprint density at radius 1 is 1.37 bits per heavy atom. The number of hydrogen-bond donors (Lipinski definition) is 1. The molecule has 0 heterocycles. The second-order valence-corrected chi connectivity index (χ2v) is 6.62. The van der Waals surface area contributed by atoms with E-state index in [1.165, 1.54) is 31.2 Å². The molecule has 4 heteroatoms. The second-order valence-electron chi connectivity index (χ2n) is 5.33. The van der Waals surface area contributed by atoms with Gasteiger partial charge in [0, 0.05) is 35.2 Å². The van der Waals surface area contributed by atoms with Crippen molar-refractivity contribution in [2.45, 2.75) is 38.3 Å². The minimum absolute atomic E-state index is 0.775. The summed E-state index contributed by atoms with van der Waals surface area (Å²) in [4.78, 5) is 2.50. The highest BCUT2D eigenvalue weighted by Gasteiger charge is 2.18. The number of nitrogens with one attached hydrogen (secondary N) is 1. The Bertz CT molecular complexity index is 405. The van der Waals surface area contributed by atoms with E-state index in [1.54, 1.807) is 0 Å². The lowest BCUT2D eigenvalue weighted by atomic mass is 10.2. The third kappa shape index (κ3) is 4.75. The van der Waals surface area contributed by atoms with E-state index in [4.69, 9.17) is 11.6 Å². The number of hydrogen-bond acceptors (Lipinski definition) is 2. The molecule has 0 bridgehead atoms. The van der Waals surface area contributed by atoms with Crippen LogP contribution in [0, 0.1) is 0 Å². The Kier molecular flexibility index (Phi) is 6.14. The van der Waals surface area contributed by atoms with Gasteiger partial charge in [-0.15, -0.1) is 0 Å². The molecule has 0 atom stereocenters. The van der Waals surface area contributed by atoms with Crippen LogP contribution in [0.4, 0.5) is 0 Å². The molecule has 19 heavy (non-hydrogen) atoms. The van der Waals surface area contributed by atoms with Gasteiger partial charge < -0.3 is 10.2 Å². The van der Waals surface area contributed by atoms with E-state index in [0.717, 1.165) is 35.2 Å². The SMILES string of the molecule is CN(CCNCc1ccc(Cl)cc1Br)C1CCCC1. The molecule has 1 aliphatic rings. The van der Waals surface area contributed by atoms with Crippen LogP contribution in [0.25, 0.3) is 0 Å². The lowest BCUT2D eigenvalue weighted by molar-refractivity contribution is 0.245. The summed E-state index contributed by atoms with van der Waals surface area (Å²) in [6.45, 7) is 3.04. The predicted octanol–water partition coefficient (Wildman–Crippen LogP) is 4.07. The molecule has 1 aliphatic carbocycles. The molecule has 2 rings (SSSR count). The monoisotopic (exact) mass is 344 g/mol. The number of likely N-dealkylation sites (N-methyl/N-ethyl adjacent to an activating group) is 1. The maximum absolute atomic E-state index is 5.94. The molecule has 1 fully saturated rings. The number of halogens is 2. The third-order valence-corrected chi connectivity index (χ3v) is 4.89. The Hall–Kier alpha value is -0.0900. The van der Waals surface area contributed by atoms with E-state index in [2.05, 4.69) is 39.3 Å². The molecule has 1 saturated carbocycles. The fourth-order valence-electron chi connectivity index (χ4n) is 2.67. The van der Waals surface area contributed by atoms with Gasteiger partial charge >= 0.3 is 0 Å². The fraction of sp³-hybridized carbons (Fsp3) is 0.600. The molecule has 0 unspecified atom stereocenters. The Morgan fingerprint density at radius 2 is 2.11 bits per heavy atom. The number of nitrogens with zero attached hydrogens (tertiary/aromatic N) is 1. The maximum atomic E-state index is 5.94. The van der Waals surface area contributed by atoms with E-state index in [9.17, 15) is 0 Å². The minimum atomic E-state index is 0.775. The van der Waals surface area contributed by atoms with Crippen molar-refractivity contribution in [1.82, 2.24) is 10.2 Å². The molecule has 0 aromatic heterocycles. The quantitative estimate of drug-likeness (QED) is 0.782. The standard InChI is InChI=1S/C15H22BrClN2/c1-19(14-4-2-3-5-14)9-8-18-11-12-6-7-13(17)10-15(12)16/h6-7,10,14,18H,2-5,8-9,11H2,1H3. The van der Waals surface area contributed by atoms with Gasteiger partial charge in [0.25, 0.3) is 0 Å². The highest BCUT2D eigenvalue weighted by atomic mass is 79.9. The zero-order valence-corrected chi connectivity index (χ0v) is 13.8. The van der Waals surface area contributed by atoms with Crippen LogP contribution in [-0.2, 0) is 6.54 Å². The van der Waals surface area contributed by atoms with Gasteiger partial charge in [-0.1, -0.05) is 46.4 Å². The smallest absolute Gasteiger partial charge is 0.0417 e. The summed E-state index contributed by atoms with van der Waals surface area (Å²) >= 11 is 9.48. The first-order valence-electron chi connectivity index (χ1n) is 7.01. The van der Waals surface area contributed by atoms with Crippen molar-refractivity contribution >= 4 is 27.5 Å². The third-order valence-electron chi connectivity index (χ3n) is 3.92. The molecular formula is C15H22BrClN2. The lowest BCUT2D eigenvalue weighted by Crippen LogP contribution is -2.35. The summed E-state index contributed by atoms with van der Waals surface area (Å²) < 4.78 is 1.08. The molecule has 0 radical (unpaired) electrons. The first-order chi connectivity index (χ1) is 9.16. The molecule has 0 spiro atoms. The van der Waals surface area contributed by atoms with Crippen molar-refractivity contribution in [3.05, 3.63) is 33.3 Å². The fourth-order valence-corrected chi connectivity index (χ4v) is 3.49. The summed E-state index contributed by atoms with van der Waals surface area (Å²) in [7, 11) is 2.25. The zero-order valence-electron chi connectivity index (χ0n) is 11.5. The van der Waals surface area contributed by atoms with Crippen molar-refractivity contribution in [1.29, 1.82) is 0 Å². The topological polar surface area (TPSA) is 15.3 Å². The molecular weight excluding hydrogens is 324 g/mol. The van der Waals surface area contributed by atoms with Crippen molar-refractivity contribution in [2.24, 2.45) is 0 Å². The lowest BCUT2D eigenvalue weighted by Gasteiger charge is -2.24. The average molecular weight is 346 g/mol. The summed E-state index contributed by atoms with van der Waals surface area (Å²) in [6, 6.07) is 6.76. The minimum Gasteiger partial charge on any atom is -0.311 e. The zero-order chi connectivity index (χ0) is 13.7. The Labute approximate surface area is 129 Å². The molecule has 0 saturated heterocycles. The van der Waals surface area contributed by atoms with Gasteiger partial charge in [0.2, 0.25) is 0 Å². The van der Waals surface area contributed by atoms with Gasteiger partial charge in [-0.3, -0.25) is 0 Å². The summed E-state index contributed by atoms with van der Waals surface area (Å²) in [5.74, 6) is 0. The van der Waals surface area contributed by atoms with E-state index in [-0.39, 0.29) is 0 Å². The Morgan fingerprint density at radius 3 is 2.79 bits per heavy atom. The van der Waals surface area contributed by atoms with Crippen LogP contribution < -0.4 is 5.32 Å². The largest absolute Gasteiger partial charge is 0.311 e. The van der Waals surface area contributed by atoms with E-state index < -0.39 is 0 Å². The van der Waals surface area contributed by atoms with Crippen LogP contribution in [0.15, 0.2) is 22.7 Å². The van der Waals surface area contributed by atoms with Crippen molar-refractivity contribution in [3.8, 4) is 0 Å². The van der Waals surface area contributed by atoms with E-state index in [0.29, 0.717) is 0 Å². The van der Waals surface area contributed by atoms with Crippen molar-refractivity contribution in [2.75, 3.05) is 20.1 Å². The molecule has 0 aliphatic heterocycles. The van der Waals surface area contributed by atoms with Crippen molar-refractivity contribution < 1.29 is 0 Å². The first-order valence-corrected chi connectivity index (χ1v) is 8.19. The number of rotatable bonds is 6. The van der Waals surface area contributed by atoms with Crippen LogP contribution in [0.1, 0.15) is 31.2 Å². The highest BCUT2D eigenvalue weighted by Crippen LogP contribution is 2.22. The highest BCUT2D eigenvalue weighted by molar-refractivity contribution is 9.10. The normalized spacial score (nSPS) is 16.4. The average Bonchev–Trinajstić information content (AvgIpc) is 2.90. The first kappa shape index (κ1) is 15.3. The van der Waals surface area contributed by atoms with E-state index >= 15 is 0 Å². The van der Waals surface area contributed by atoms with E-state index in [1.807, 2.05) is 12.1 Å². The van der Waals surface area contributed by atoms with Gasteiger partial charge in [-0.25, -0.2) is 0 Å². The predicted molar refractivity (Wildman–Crippen MR) is 85.7 cm³/mol. The van der Waals surface area contributed by atoms with Gasteiger partial charge in [-0.2, -0.15) is 0 Å². The Balaban J connectivity index is 1.68. The summed E-state index contributed by atoms with van der Waals surface area (Å²) in [6.07, 6.45) is 5.55. The summed E-state index contributed by atoms with van der Waals surface area (Å²) in [5, 5.41) is 4.28. The van der Waals surface area contributed by atoms with Crippen LogP contribution in [0.3, 0.4) is 0 Å². The summed E-state index contributed by atoms with van der Waals surface area (Å²) in [5.41, 5.74) is 1.26. The van der Waals surface area contributed by atoms with Crippen molar-refractivity contribution in [3.63, 3.8) is 0 Å². The second kappa shape index (κ2) is 7.63. The molecule has 106 valence electrons. The van der Waals surface area contributed by atoms with Gasteiger partial charge in [0.05, 0.1) is 0 Å². The molecule has 0 amide bonds. The maximum Gasteiger partial charge on any atom is 0.0417 e. The molecule has 1 N–H and O–H groups in total. The van der Waals surface area contributed by atoms with Crippen LogP contribution in [-0.4, -0.2) is 31.1 Å².